The summed E-state index contributed by atoms with van der Waals surface area (Å²) in [6, 6.07) is 1.81. The van der Waals surface area contributed by atoms with Crippen LogP contribution >= 0.6 is 11.3 Å². The van der Waals surface area contributed by atoms with Crippen molar-refractivity contribution in [2.24, 2.45) is 5.73 Å². The van der Waals surface area contributed by atoms with Gasteiger partial charge in [-0.15, -0.1) is 11.3 Å². The number of hydrogen-bond acceptors (Lipinski definition) is 3. The number of nitrogens with two attached hydrogens (primary N) is 1. The molecule has 0 saturated heterocycles. The third kappa shape index (κ3) is 2.03. The van der Waals surface area contributed by atoms with Crippen molar-refractivity contribution in [1.29, 1.82) is 0 Å². The Morgan fingerprint density at radius 3 is 3.00 bits per heavy atom. The van der Waals surface area contributed by atoms with Crippen molar-refractivity contribution in [1.82, 2.24) is 5.32 Å². The lowest BCUT2D eigenvalue weighted by molar-refractivity contribution is 0.100. The molecule has 1 aromatic heterocycles. The van der Waals surface area contributed by atoms with Crippen molar-refractivity contribution in [3.8, 4) is 0 Å². The molecule has 0 saturated carbocycles. The van der Waals surface area contributed by atoms with E-state index in [1.165, 1.54) is 11.3 Å². The van der Waals surface area contributed by atoms with Crippen molar-refractivity contribution in [3.05, 3.63) is 21.9 Å². The smallest absolute Gasteiger partial charge is 0.249 e. The SMILES string of the molecule is CNCc1cc(C(N)=O)cs1. The average molecular weight is 170 g/mol. The van der Waals surface area contributed by atoms with E-state index in [4.69, 9.17) is 5.73 Å². The first-order chi connectivity index (χ1) is 5.24. The molecule has 0 spiro atoms. The Hall–Kier alpha value is -0.870. The molecule has 3 N–H and O–H groups in total. The second kappa shape index (κ2) is 3.50. The molecule has 1 amide bonds. The normalized spacial score (nSPS) is 9.91. The maximum atomic E-state index is 10.6. The Morgan fingerprint density at radius 2 is 2.55 bits per heavy atom. The summed E-state index contributed by atoms with van der Waals surface area (Å²) in [5.74, 6) is -0.358. The Morgan fingerprint density at radius 1 is 1.82 bits per heavy atom. The third-order valence-electron chi connectivity index (χ3n) is 1.29. The molecule has 1 aromatic rings. The van der Waals surface area contributed by atoms with E-state index in [2.05, 4.69) is 5.32 Å². The van der Waals surface area contributed by atoms with Crippen LogP contribution in [-0.4, -0.2) is 13.0 Å². The maximum Gasteiger partial charge on any atom is 0.249 e. The van der Waals surface area contributed by atoms with Crippen LogP contribution < -0.4 is 11.1 Å². The van der Waals surface area contributed by atoms with Crippen LogP contribution in [0.15, 0.2) is 11.4 Å². The number of primary amides is 1. The summed E-state index contributed by atoms with van der Waals surface area (Å²) in [5.41, 5.74) is 5.67. The highest BCUT2D eigenvalue weighted by atomic mass is 32.1. The van der Waals surface area contributed by atoms with Crippen LogP contribution in [0.2, 0.25) is 0 Å². The van der Waals surface area contributed by atoms with Crippen LogP contribution in [0.4, 0.5) is 0 Å². The largest absolute Gasteiger partial charge is 0.366 e. The second-order valence-corrected chi connectivity index (χ2v) is 3.19. The lowest BCUT2D eigenvalue weighted by atomic mass is 10.3. The minimum absolute atomic E-state index is 0.358. The van der Waals surface area contributed by atoms with Gasteiger partial charge in [-0.05, 0) is 13.1 Å². The topological polar surface area (TPSA) is 55.1 Å². The van der Waals surface area contributed by atoms with Crippen molar-refractivity contribution >= 4 is 17.2 Å². The zero-order chi connectivity index (χ0) is 8.27. The van der Waals surface area contributed by atoms with Crippen LogP contribution in [0, 0.1) is 0 Å². The van der Waals surface area contributed by atoms with Gasteiger partial charge in [0.1, 0.15) is 0 Å². The van der Waals surface area contributed by atoms with Gasteiger partial charge < -0.3 is 11.1 Å². The Bertz CT molecular complexity index is 257. The highest BCUT2D eigenvalue weighted by molar-refractivity contribution is 7.10. The monoisotopic (exact) mass is 170 g/mol. The van der Waals surface area contributed by atoms with Crippen LogP contribution in [0.5, 0.6) is 0 Å². The van der Waals surface area contributed by atoms with Crippen LogP contribution in [-0.2, 0) is 6.54 Å². The highest BCUT2D eigenvalue weighted by Crippen LogP contribution is 2.13. The third-order valence-corrected chi connectivity index (χ3v) is 2.23. The molecule has 0 aromatic carbocycles. The molecule has 11 heavy (non-hydrogen) atoms. The van der Waals surface area contributed by atoms with Gasteiger partial charge in [-0.1, -0.05) is 0 Å². The van der Waals surface area contributed by atoms with Crippen LogP contribution in [0.3, 0.4) is 0 Å². The molecule has 4 heteroatoms. The molecule has 1 heterocycles. The van der Waals surface area contributed by atoms with Crippen LogP contribution in [0.1, 0.15) is 15.2 Å². The molecule has 60 valence electrons. The van der Waals surface area contributed by atoms with E-state index in [0.717, 1.165) is 11.4 Å². The predicted octanol–water partition coefficient (Wildman–Crippen LogP) is 0.566. The van der Waals surface area contributed by atoms with E-state index in [0.29, 0.717) is 5.56 Å². The van der Waals surface area contributed by atoms with Crippen molar-refractivity contribution in [3.63, 3.8) is 0 Å². The number of thiophene rings is 1. The molecule has 0 radical (unpaired) electrons. The second-order valence-electron chi connectivity index (χ2n) is 2.20. The summed E-state index contributed by atoms with van der Waals surface area (Å²) in [6.45, 7) is 0.790. The lowest BCUT2D eigenvalue weighted by Gasteiger charge is -1.90. The van der Waals surface area contributed by atoms with Gasteiger partial charge in [0, 0.05) is 16.8 Å². The van der Waals surface area contributed by atoms with E-state index in [9.17, 15) is 4.79 Å². The van der Waals surface area contributed by atoms with Gasteiger partial charge >= 0.3 is 0 Å². The Kier molecular flexibility index (Phi) is 2.62. The first-order valence-corrected chi connectivity index (χ1v) is 4.14. The number of rotatable bonds is 3. The molecular weight excluding hydrogens is 160 g/mol. The summed E-state index contributed by atoms with van der Waals surface area (Å²) in [4.78, 5) is 11.8. The fourth-order valence-electron chi connectivity index (χ4n) is 0.777. The molecule has 3 nitrogen and oxygen atoms in total. The van der Waals surface area contributed by atoms with Crippen molar-refractivity contribution in [2.75, 3.05) is 7.05 Å². The van der Waals surface area contributed by atoms with E-state index in [1.807, 2.05) is 13.1 Å². The molecule has 0 aliphatic carbocycles. The minimum atomic E-state index is -0.358. The predicted molar refractivity (Wildman–Crippen MR) is 45.6 cm³/mol. The number of amides is 1. The summed E-state index contributed by atoms with van der Waals surface area (Å²) in [5, 5.41) is 4.77. The summed E-state index contributed by atoms with van der Waals surface area (Å²) >= 11 is 1.54. The van der Waals surface area contributed by atoms with Crippen LogP contribution in [0.25, 0.3) is 0 Å². The fraction of sp³-hybridized carbons (Fsp3) is 0.286. The van der Waals surface area contributed by atoms with Gasteiger partial charge in [0.05, 0.1) is 5.56 Å². The minimum Gasteiger partial charge on any atom is -0.366 e. The number of nitrogens with one attached hydrogen (secondary N) is 1. The fourth-order valence-corrected chi connectivity index (χ4v) is 1.66. The van der Waals surface area contributed by atoms with Gasteiger partial charge in [-0.25, -0.2) is 0 Å². The van der Waals surface area contributed by atoms with Crippen molar-refractivity contribution in [2.45, 2.75) is 6.54 Å². The molecule has 0 aliphatic rings. The first-order valence-electron chi connectivity index (χ1n) is 3.26. The molecule has 0 aliphatic heterocycles. The lowest BCUT2D eigenvalue weighted by Crippen LogP contribution is -2.09. The Balaban J connectivity index is 2.73. The molecule has 0 bridgehead atoms. The highest BCUT2D eigenvalue weighted by Gasteiger charge is 2.02. The number of carbonyl (C=O) groups excluding carboxylic acids is 1. The van der Waals surface area contributed by atoms with Crippen molar-refractivity contribution < 1.29 is 4.79 Å². The number of carbonyl (C=O) groups is 1. The molecular formula is C7H10N2OS. The molecule has 1 rings (SSSR count). The standard InChI is InChI=1S/C7H10N2OS/c1-9-3-6-2-5(4-11-6)7(8)10/h2,4,9H,3H2,1H3,(H2,8,10). The average Bonchev–Trinajstić information content (AvgIpc) is 2.37. The molecule has 0 atom stereocenters. The molecule has 0 unspecified atom stereocenters. The van der Waals surface area contributed by atoms with Gasteiger partial charge in [0.15, 0.2) is 0 Å². The Labute approximate surface area is 69.2 Å². The summed E-state index contributed by atoms with van der Waals surface area (Å²) in [7, 11) is 1.86. The van der Waals surface area contributed by atoms with E-state index in [1.54, 1.807) is 5.38 Å². The van der Waals surface area contributed by atoms with Gasteiger partial charge in [-0.3, -0.25) is 4.79 Å². The van der Waals surface area contributed by atoms with E-state index >= 15 is 0 Å². The zero-order valence-corrected chi connectivity index (χ0v) is 7.07. The molecule has 0 fully saturated rings. The summed E-state index contributed by atoms with van der Waals surface area (Å²) < 4.78 is 0. The zero-order valence-electron chi connectivity index (χ0n) is 6.26. The first kappa shape index (κ1) is 8.23. The van der Waals surface area contributed by atoms with E-state index < -0.39 is 0 Å². The number of hydrogen-bond donors (Lipinski definition) is 2. The maximum absolute atomic E-state index is 10.6. The quantitative estimate of drug-likeness (QED) is 0.696. The summed E-state index contributed by atoms with van der Waals surface area (Å²) in [6.07, 6.45) is 0. The van der Waals surface area contributed by atoms with Gasteiger partial charge in [-0.2, -0.15) is 0 Å². The van der Waals surface area contributed by atoms with E-state index in [-0.39, 0.29) is 5.91 Å². The van der Waals surface area contributed by atoms with Gasteiger partial charge in [0.2, 0.25) is 5.91 Å². The van der Waals surface area contributed by atoms with Gasteiger partial charge in [0.25, 0.3) is 0 Å².